The molecule has 13 nitrogen and oxygen atoms in total. The highest BCUT2D eigenvalue weighted by Crippen LogP contribution is 2.28. The van der Waals surface area contributed by atoms with E-state index in [2.05, 4.69) is 44.5 Å². The molecule has 6 rings (SSSR count). The minimum Gasteiger partial charge on any atom is -0.399 e. The summed E-state index contributed by atoms with van der Waals surface area (Å²) in [4.78, 5) is 0. The molecule has 0 aliphatic carbocycles. The molecular formula is C41H46N12O. The van der Waals surface area contributed by atoms with E-state index in [0.717, 1.165) is 58.1 Å². The monoisotopic (exact) mass is 722 g/mol. The van der Waals surface area contributed by atoms with Crippen molar-refractivity contribution in [3.8, 4) is 0 Å². The molecule has 13 heteroatoms. The molecule has 0 radical (unpaired) electrons. The van der Waals surface area contributed by atoms with Crippen LogP contribution >= 0.6 is 0 Å². The third-order valence-electron chi connectivity index (χ3n) is 7.67. The van der Waals surface area contributed by atoms with Gasteiger partial charge in [0, 0.05) is 39.7 Å². The number of aliphatic hydroxyl groups is 1. The van der Waals surface area contributed by atoms with Crippen LogP contribution in [-0.2, 0) is 19.4 Å². The van der Waals surface area contributed by atoms with E-state index in [9.17, 15) is 5.11 Å². The molecule has 0 aliphatic heterocycles. The summed E-state index contributed by atoms with van der Waals surface area (Å²) in [6.07, 6.45) is 1.74. The van der Waals surface area contributed by atoms with Gasteiger partial charge in [0.2, 0.25) is 0 Å². The van der Waals surface area contributed by atoms with Gasteiger partial charge in [0.1, 0.15) is 0 Å². The van der Waals surface area contributed by atoms with Crippen molar-refractivity contribution < 1.29 is 5.11 Å². The summed E-state index contributed by atoms with van der Waals surface area (Å²) in [6, 6.07) is 38.1. The third-order valence-corrected chi connectivity index (χ3v) is 7.67. The molecule has 0 atom stereocenters. The zero-order valence-corrected chi connectivity index (χ0v) is 30.3. The van der Waals surface area contributed by atoms with Gasteiger partial charge >= 0.3 is 0 Å². The van der Waals surface area contributed by atoms with E-state index in [4.69, 9.17) is 34.4 Å². The number of anilines is 6. The number of nitrogens with two attached hydrogens (primary N) is 6. The molecule has 0 saturated heterocycles. The molecule has 0 bridgehead atoms. The topological polar surface area (TPSA) is 251 Å². The standard InChI is InChI=1S/2C14H16N4.C13H14N4O/c2*1-2-10-8-12(16)6-7-14(10)18-17-13-5-3-4-11(15)9-13;14-10-2-1-3-12(7-10)16-17-13-5-4-11(15)6-9(13)8-18/h2*3-9H,2,15-16H2,1H3;1-7,18H,8,14-15H2. The normalized spacial score (nSPS) is 10.9. The summed E-state index contributed by atoms with van der Waals surface area (Å²) in [5.41, 5.74) is 45.4. The van der Waals surface area contributed by atoms with Gasteiger partial charge in [-0.2, -0.15) is 30.7 Å². The average molecular weight is 723 g/mol. The van der Waals surface area contributed by atoms with Crippen molar-refractivity contribution in [1.82, 2.24) is 0 Å². The molecule has 13 N–H and O–H groups in total. The molecule has 0 saturated carbocycles. The van der Waals surface area contributed by atoms with Crippen LogP contribution in [0.2, 0.25) is 0 Å². The second-order valence-corrected chi connectivity index (χ2v) is 11.9. The number of hydrogen-bond donors (Lipinski definition) is 7. The first-order valence-electron chi connectivity index (χ1n) is 17.1. The van der Waals surface area contributed by atoms with Crippen LogP contribution in [0, 0.1) is 0 Å². The summed E-state index contributed by atoms with van der Waals surface area (Å²) < 4.78 is 0. The molecule has 0 amide bonds. The molecular weight excluding hydrogens is 677 g/mol. The van der Waals surface area contributed by atoms with E-state index in [0.29, 0.717) is 39.7 Å². The summed E-state index contributed by atoms with van der Waals surface area (Å²) >= 11 is 0. The third kappa shape index (κ3) is 12.6. The van der Waals surface area contributed by atoms with Gasteiger partial charge < -0.3 is 39.5 Å². The highest BCUT2D eigenvalue weighted by molar-refractivity contribution is 5.58. The van der Waals surface area contributed by atoms with Gasteiger partial charge in [-0.1, -0.05) is 32.0 Å². The Bertz CT molecular complexity index is 1980. The summed E-state index contributed by atoms with van der Waals surface area (Å²) in [5, 5.41) is 34.2. The Balaban J connectivity index is 0.000000180. The molecule has 0 aromatic heterocycles. The van der Waals surface area contributed by atoms with Crippen LogP contribution in [0.1, 0.15) is 30.5 Å². The second kappa shape index (κ2) is 20.1. The maximum Gasteiger partial charge on any atom is 0.0913 e. The number of nitrogen functional groups attached to an aromatic ring is 6. The highest BCUT2D eigenvalue weighted by Gasteiger charge is 2.03. The maximum atomic E-state index is 9.21. The lowest BCUT2D eigenvalue weighted by Crippen LogP contribution is -1.89. The Hall–Kier alpha value is -7.12. The molecule has 0 heterocycles. The van der Waals surface area contributed by atoms with Gasteiger partial charge in [0.05, 0.1) is 40.7 Å². The Kier molecular flexibility index (Phi) is 14.7. The Morgan fingerprint density at radius 2 is 0.667 bits per heavy atom. The van der Waals surface area contributed by atoms with Gasteiger partial charge in [-0.25, -0.2) is 0 Å². The van der Waals surface area contributed by atoms with Crippen molar-refractivity contribution in [2.24, 2.45) is 30.7 Å². The largest absolute Gasteiger partial charge is 0.399 e. The maximum absolute atomic E-state index is 9.21. The van der Waals surface area contributed by atoms with Crippen molar-refractivity contribution >= 4 is 68.2 Å². The number of azo groups is 3. The van der Waals surface area contributed by atoms with Crippen LogP contribution in [0.4, 0.5) is 68.2 Å². The number of rotatable bonds is 9. The molecule has 0 aliphatic rings. The van der Waals surface area contributed by atoms with Crippen LogP contribution in [-0.4, -0.2) is 5.11 Å². The molecule has 6 aromatic rings. The quantitative estimate of drug-likeness (QED) is 0.0560. The van der Waals surface area contributed by atoms with Gasteiger partial charge in [0.25, 0.3) is 0 Å². The lowest BCUT2D eigenvalue weighted by Gasteiger charge is -2.03. The van der Waals surface area contributed by atoms with E-state index in [1.165, 1.54) is 0 Å². The van der Waals surface area contributed by atoms with E-state index in [-0.39, 0.29) is 6.61 Å². The first-order chi connectivity index (χ1) is 26.1. The minimum atomic E-state index is -0.129. The number of hydrogen-bond acceptors (Lipinski definition) is 13. The van der Waals surface area contributed by atoms with E-state index in [1.807, 2.05) is 72.8 Å². The Morgan fingerprint density at radius 3 is 0.963 bits per heavy atom. The van der Waals surface area contributed by atoms with Crippen molar-refractivity contribution in [1.29, 1.82) is 0 Å². The predicted octanol–water partition coefficient (Wildman–Crippen LogP) is 10.4. The van der Waals surface area contributed by atoms with Gasteiger partial charge in [-0.3, -0.25) is 0 Å². The fourth-order valence-corrected chi connectivity index (χ4v) is 4.90. The van der Waals surface area contributed by atoms with Crippen molar-refractivity contribution in [2.75, 3.05) is 34.4 Å². The smallest absolute Gasteiger partial charge is 0.0913 e. The number of aryl methyl sites for hydroxylation is 2. The van der Waals surface area contributed by atoms with Crippen LogP contribution in [0.3, 0.4) is 0 Å². The van der Waals surface area contributed by atoms with Crippen molar-refractivity contribution in [3.63, 3.8) is 0 Å². The van der Waals surface area contributed by atoms with Crippen molar-refractivity contribution in [3.05, 3.63) is 144 Å². The predicted molar refractivity (Wildman–Crippen MR) is 222 cm³/mol. The minimum absolute atomic E-state index is 0.129. The second-order valence-electron chi connectivity index (χ2n) is 11.9. The van der Waals surface area contributed by atoms with Gasteiger partial charge in [-0.05, 0) is 133 Å². The first kappa shape index (κ1) is 39.7. The Morgan fingerprint density at radius 1 is 0.370 bits per heavy atom. The molecule has 0 spiro atoms. The lowest BCUT2D eigenvalue weighted by atomic mass is 10.1. The van der Waals surface area contributed by atoms with Crippen molar-refractivity contribution in [2.45, 2.75) is 33.3 Å². The average Bonchev–Trinajstić information content (AvgIpc) is 3.17. The van der Waals surface area contributed by atoms with Crippen LogP contribution < -0.4 is 34.4 Å². The molecule has 0 unspecified atom stereocenters. The summed E-state index contributed by atoms with van der Waals surface area (Å²) in [5.74, 6) is 0. The fraction of sp³-hybridized carbons (Fsp3) is 0.122. The van der Waals surface area contributed by atoms with Crippen LogP contribution in [0.5, 0.6) is 0 Å². The highest BCUT2D eigenvalue weighted by atomic mass is 16.3. The summed E-state index contributed by atoms with van der Waals surface area (Å²) in [6.45, 7) is 4.00. The summed E-state index contributed by atoms with van der Waals surface area (Å²) in [7, 11) is 0. The molecule has 0 fully saturated rings. The van der Waals surface area contributed by atoms with E-state index >= 15 is 0 Å². The van der Waals surface area contributed by atoms with Crippen LogP contribution in [0.25, 0.3) is 0 Å². The fourth-order valence-electron chi connectivity index (χ4n) is 4.90. The number of benzene rings is 6. The molecule has 54 heavy (non-hydrogen) atoms. The zero-order valence-electron chi connectivity index (χ0n) is 30.3. The first-order valence-corrected chi connectivity index (χ1v) is 17.1. The number of aliphatic hydroxyl groups excluding tert-OH is 1. The molecule has 276 valence electrons. The van der Waals surface area contributed by atoms with Gasteiger partial charge in [-0.15, -0.1) is 0 Å². The van der Waals surface area contributed by atoms with Gasteiger partial charge in [0.15, 0.2) is 0 Å². The van der Waals surface area contributed by atoms with E-state index < -0.39 is 0 Å². The molecule has 6 aromatic carbocycles. The SMILES string of the molecule is CCc1cc(N)ccc1N=Nc1cccc(N)c1.CCc1cc(N)ccc1N=Nc1cccc(N)c1.Nc1cccc(N=Nc2ccc(N)cc2CO)c1. The van der Waals surface area contributed by atoms with Crippen LogP contribution in [0.15, 0.2) is 158 Å². The lowest BCUT2D eigenvalue weighted by molar-refractivity contribution is 0.282. The zero-order chi connectivity index (χ0) is 38.9. The number of nitrogens with zero attached hydrogens (tertiary/aromatic N) is 6. The van der Waals surface area contributed by atoms with E-state index in [1.54, 1.807) is 54.6 Å². The Labute approximate surface area is 315 Å².